The topological polar surface area (TPSA) is 245 Å². The lowest BCUT2D eigenvalue weighted by Gasteiger charge is -2.58. The van der Waals surface area contributed by atoms with Crippen LogP contribution in [0.3, 0.4) is 0 Å². The lowest BCUT2D eigenvalue weighted by atomic mass is 9.47. The molecule has 4 aliphatic rings. The lowest BCUT2D eigenvalue weighted by molar-refractivity contribution is -0.729. The molecule has 3 fully saturated rings. The van der Waals surface area contributed by atoms with Gasteiger partial charge in [-0.05, 0) is 141 Å². The lowest BCUT2D eigenvalue weighted by Crippen LogP contribution is -2.52. The number of ether oxygens (including phenoxy) is 3. The highest BCUT2D eigenvalue weighted by Crippen LogP contribution is 2.67. The average Bonchev–Trinajstić information content (AvgIpc) is 3.70. The van der Waals surface area contributed by atoms with Crippen LogP contribution in [0.2, 0.25) is 0 Å². The second kappa shape index (κ2) is 25.2. The molecule has 0 aromatic heterocycles. The molecule has 4 aliphatic carbocycles. The zero-order valence-electron chi connectivity index (χ0n) is 43.2. The van der Waals surface area contributed by atoms with Gasteiger partial charge in [-0.3, -0.25) is 24.0 Å². The molecular weight excluding hydrogens is 921 g/mol. The van der Waals surface area contributed by atoms with Gasteiger partial charge in [0.05, 0.1) is 17.4 Å². The van der Waals surface area contributed by atoms with E-state index in [1.165, 1.54) is 101 Å². The summed E-state index contributed by atoms with van der Waals surface area (Å²) in [7, 11) is 0. The number of hydrogen-bond donors (Lipinski definition) is 6. The van der Waals surface area contributed by atoms with Crippen molar-refractivity contribution < 1.29 is 53.1 Å². The number of rotatable bonds is 24. The standard InChI is InChI=1S/C55H78N6O11/c1-34(2)9-7-10-35(3)44-21-22-45-43-20-13-38-31-42(25-27-54(38,5)46(43)26-28-55(44,45)6)70-30-8-29-57-49(63)23-24-50(64)58-36(4)51(65)60-47(32-48(56)62)52(66)59-39-14-11-37(12-15-39)33-71-53(67)72-41-18-16-40(17-19-41)61(68)69/h11-19,34-36,42-47H,7-10,20-33H2,1-6H3,(H6-,56,57,58,59,60,62,63,64,65,66,68,69)/p+1/t35-,36+,42+,43+,44-,45?,46?,47+,54+,55-/m1/s1. The van der Waals surface area contributed by atoms with Crippen LogP contribution in [0.25, 0.3) is 0 Å². The molecule has 5 amide bonds. The van der Waals surface area contributed by atoms with Gasteiger partial charge in [-0.25, -0.2) is 10.0 Å². The van der Waals surface area contributed by atoms with Crippen molar-refractivity contribution in [2.45, 2.75) is 163 Å². The summed E-state index contributed by atoms with van der Waals surface area (Å²) in [5, 5.41) is 19.4. The molecule has 7 N–H and O–H groups in total. The molecule has 6 rings (SSSR count). The van der Waals surface area contributed by atoms with Crippen LogP contribution >= 0.6 is 0 Å². The van der Waals surface area contributed by atoms with E-state index in [1.54, 1.807) is 17.7 Å². The Morgan fingerprint density at radius 2 is 1.56 bits per heavy atom. The largest absolute Gasteiger partial charge is 0.514 e. The molecule has 0 bridgehead atoms. The van der Waals surface area contributed by atoms with E-state index in [9.17, 15) is 33.7 Å². The van der Waals surface area contributed by atoms with Crippen LogP contribution in [0.15, 0.2) is 60.2 Å². The summed E-state index contributed by atoms with van der Waals surface area (Å²) in [4.78, 5) is 86.1. The van der Waals surface area contributed by atoms with Gasteiger partial charge in [-0.1, -0.05) is 77.7 Å². The Morgan fingerprint density at radius 3 is 2.25 bits per heavy atom. The maximum absolute atomic E-state index is 13.1. The van der Waals surface area contributed by atoms with Crippen molar-refractivity contribution >= 4 is 47.1 Å². The van der Waals surface area contributed by atoms with E-state index in [4.69, 9.17) is 25.2 Å². The normalized spacial score (nSPS) is 25.5. The second-order valence-corrected chi connectivity index (χ2v) is 21.8. The van der Waals surface area contributed by atoms with Crippen LogP contribution in [-0.2, 0) is 40.1 Å². The highest BCUT2D eigenvalue weighted by molar-refractivity contribution is 6.00. The van der Waals surface area contributed by atoms with Crippen LogP contribution in [-0.4, -0.2) is 77.2 Å². The number of primary amides is 1. The highest BCUT2D eigenvalue weighted by atomic mass is 16.7. The number of amides is 5. The van der Waals surface area contributed by atoms with Crippen molar-refractivity contribution in [2.24, 2.45) is 52.1 Å². The number of anilines is 1. The van der Waals surface area contributed by atoms with Gasteiger partial charge < -0.3 is 41.2 Å². The number of benzene rings is 2. The Kier molecular flexibility index (Phi) is 19.4. The molecule has 10 atom stereocenters. The third-order valence-electron chi connectivity index (χ3n) is 16.5. The molecule has 0 heterocycles. The van der Waals surface area contributed by atoms with Gasteiger partial charge in [0.25, 0.3) is 4.92 Å². The monoisotopic (exact) mass is 1000 g/mol. The van der Waals surface area contributed by atoms with Crippen LogP contribution in [0.1, 0.15) is 143 Å². The van der Waals surface area contributed by atoms with Gasteiger partial charge >= 0.3 is 11.8 Å². The molecular formula is C55H79N6O11+. The highest BCUT2D eigenvalue weighted by Gasteiger charge is 2.59. The van der Waals surface area contributed by atoms with E-state index in [1.807, 2.05) is 0 Å². The molecule has 17 heteroatoms. The smallest absolute Gasteiger partial charge is 0.429 e. The summed E-state index contributed by atoms with van der Waals surface area (Å²) in [5.41, 5.74) is 8.50. The van der Waals surface area contributed by atoms with Crippen molar-refractivity contribution in [1.29, 1.82) is 0 Å². The summed E-state index contributed by atoms with van der Waals surface area (Å²) in [5.74, 6) is 1.78. The molecule has 0 radical (unpaired) electrons. The minimum atomic E-state index is -1.37. The molecule has 2 aromatic rings. The van der Waals surface area contributed by atoms with Crippen LogP contribution in [0.5, 0.6) is 5.75 Å². The van der Waals surface area contributed by atoms with E-state index in [0.717, 1.165) is 48.3 Å². The Balaban J connectivity index is 0.848. The predicted molar refractivity (Wildman–Crippen MR) is 270 cm³/mol. The van der Waals surface area contributed by atoms with E-state index < -0.39 is 48.3 Å². The van der Waals surface area contributed by atoms with Gasteiger partial charge in [-0.2, -0.15) is 0 Å². The molecule has 0 saturated heterocycles. The van der Waals surface area contributed by atoms with E-state index in [0.29, 0.717) is 36.2 Å². The molecule has 394 valence electrons. The number of carbonyl (C=O) groups excluding carboxylic acids is 6. The Morgan fingerprint density at radius 1 is 0.833 bits per heavy atom. The maximum Gasteiger partial charge on any atom is 0.514 e. The summed E-state index contributed by atoms with van der Waals surface area (Å²) in [6, 6.07) is 8.76. The van der Waals surface area contributed by atoms with Crippen LogP contribution < -0.4 is 31.7 Å². The summed E-state index contributed by atoms with van der Waals surface area (Å²) >= 11 is 0. The number of carbonyl (C=O) groups is 6. The number of nitrogens with one attached hydrogen (secondary N) is 4. The number of nitrogens with zero attached hydrogens (tertiary/aromatic N) is 1. The van der Waals surface area contributed by atoms with Crippen molar-refractivity contribution in [1.82, 2.24) is 16.0 Å². The molecule has 17 nitrogen and oxygen atoms in total. The van der Waals surface area contributed by atoms with Crippen LogP contribution in [0, 0.1) is 51.2 Å². The third-order valence-corrected chi connectivity index (χ3v) is 16.5. The minimum Gasteiger partial charge on any atom is -0.429 e. The molecule has 0 aliphatic heterocycles. The van der Waals surface area contributed by atoms with E-state index in [2.05, 4.69) is 62.0 Å². The van der Waals surface area contributed by atoms with Crippen molar-refractivity contribution in [3.8, 4) is 5.75 Å². The molecule has 2 unspecified atom stereocenters. The molecule has 3 saturated carbocycles. The Labute approximate surface area is 424 Å². The molecule has 2 aromatic carbocycles. The zero-order valence-corrected chi connectivity index (χ0v) is 43.2. The average molecular weight is 1000 g/mol. The van der Waals surface area contributed by atoms with Crippen molar-refractivity contribution in [2.75, 3.05) is 18.5 Å². The minimum absolute atomic E-state index is 0.0537. The van der Waals surface area contributed by atoms with Crippen molar-refractivity contribution in [3.63, 3.8) is 0 Å². The van der Waals surface area contributed by atoms with E-state index >= 15 is 0 Å². The molecule has 0 spiro atoms. The van der Waals surface area contributed by atoms with E-state index in [-0.39, 0.29) is 53.2 Å². The third kappa shape index (κ3) is 14.7. The Hall–Kier alpha value is -5.84. The fourth-order valence-electron chi connectivity index (χ4n) is 12.6. The molecule has 72 heavy (non-hydrogen) atoms. The Bertz CT molecular complexity index is 2270. The number of nitrogens with two attached hydrogens (primary N) is 1. The van der Waals surface area contributed by atoms with Gasteiger partial charge in [0.2, 0.25) is 29.5 Å². The fourth-order valence-corrected chi connectivity index (χ4v) is 12.6. The first kappa shape index (κ1) is 55.5. The summed E-state index contributed by atoms with van der Waals surface area (Å²) < 4.78 is 16.5. The van der Waals surface area contributed by atoms with Crippen molar-refractivity contribution in [3.05, 3.63) is 70.7 Å². The number of fused-ring (bicyclic) bond motifs is 5. The first-order valence-electron chi connectivity index (χ1n) is 26.2. The SMILES string of the molecule is CC(C)CCC[C@@H](C)[C@H]1CCC2[C@@H]3CC=C4C[C@@H](OCCCNC(=O)CCC(=O)N[C@@H](C)C(=O)N[C@@H](CC(N)=O)C(=O)Nc5ccc(COC(=O)Oc6ccc([N+](=O)O)cc6)cc5)CC[C@]4(C)C3CC[C@@]21C. The number of allylic oxidation sites excluding steroid dienone is 1. The second-order valence-electron chi connectivity index (χ2n) is 21.8. The van der Waals surface area contributed by atoms with Gasteiger partial charge in [0.15, 0.2) is 0 Å². The predicted octanol–water partition coefficient (Wildman–Crippen LogP) is 8.72. The summed E-state index contributed by atoms with van der Waals surface area (Å²) in [6.07, 6.45) is 15.7. The van der Waals surface area contributed by atoms with Crippen LogP contribution in [0.4, 0.5) is 16.2 Å². The van der Waals surface area contributed by atoms with Gasteiger partial charge in [0, 0.05) is 43.8 Å². The quantitative estimate of drug-likeness (QED) is 0.0191. The first-order valence-corrected chi connectivity index (χ1v) is 26.2. The first-order chi connectivity index (χ1) is 34.2. The summed E-state index contributed by atoms with van der Waals surface area (Å²) in [6.45, 7) is 14.6. The van der Waals surface area contributed by atoms with Gasteiger partial charge in [0.1, 0.15) is 24.4 Å². The fraction of sp³-hybridized carbons (Fsp3) is 0.636. The number of hydrogen-bond acceptors (Lipinski definition) is 10. The maximum atomic E-state index is 13.1. The van der Waals surface area contributed by atoms with Gasteiger partial charge in [-0.15, -0.1) is 0 Å². The zero-order chi connectivity index (χ0) is 52.2.